The van der Waals surface area contributed by atoms with Crippen molar-refractivity contribution < 1.29 is 0 Å². The first-order valence-corrected chi connectivity index (χ1v) is 8.46. The molecule has 1 unspecified atom stereocenters. The first-order valence-electron chi connectivity index (χ1n) is 7.59. The van der Waals surface area contributed by atoms with Gasteiger partial charge in [0.25, 0.3) is 0 Å². The molecule has 0 spiro atoms. The SMILES string of the molecule is CCCNCc1ccc(CN(C)C(C)c2cccs2)nc1. The maximum absolute atomic E-state index is 4.58. The number of rotatable bonds is 8. The lowest BCUT2D eigenvalue weighted by molar-refractivity contribution is 0.253. The van der Waals surface area contributed by atoms with E-state index in [2.05, 4.69) is 65.7 Å². The third-order valence-electron chi connectivity index (χ3n) is 3.67. The molecule has 0 aliphatic heterocycles. The highest BCUT2D eigenvalue weighted by Crippen LogP contribution is 2.24. The number of hydrogen-bond acceptors (Lipinski definition) is 4. The van der Waals surface area contributed by atoms with Gasteiger partial charge >= 0.3 is 0 Å². The molecule has 21 heavy (non-hydrogen) atoms. The summed E-state index contributed by atoms with van der Waals surface area (Å²) in [4.78, 5) is 8.32. The van der Waals surface area contributed by atoms with Gasteiger partial charge in [0.15, 0.2) is 0 Å². The summed E-state index contributed by atoms with van der Waals surface area (Å²) < 4.78 is 0. The lowest BCUT2D eigenvalue weighted by atomic mass is 10.2. The van der Waals surface area contributed by atoms with E-state index in [9.17, 15) is 0 Å². The van der Waals surface area contributed by atoms with E-state index in [0.29, 0.717) is 6.04 Å². The van der Waals surface area contributed by atoms with Gasteiger partial charge in [-0.15, -0.1) is 11.3 Å². The van der Waals surface area contributed by atoms with Crippen molar-refractivity contribution in [2.75, 3.05) is 13.6 Å². The Bertz CT molecular complexity index is 507. The molecule has 114 valence electrons. The zero-order valence-electron chi connectivity index (χ0n) is 13.2. The molecule has 0 radical (unpaired) electrons. The van der Waals surface area contributed by atoms with E-state index >= 15 is 0 Å². The van der Waals surface area contributed by atoms with Gasteiger partial charge in [-0.2, -0.15) is 0 Å². The minimum atomic E-state index is 0.428. The summed E-state index contributed by atoms with van der Waals surface area (Å²) in [5.41, 5.74) is 2.38. The molecule has 4 heteroatoms. The van der Waals surface area contributed by atoms with Crippen LogP contribution >= 0.6 is 11.3 Å². The Balaban J connectivity index is 1.87. The Morgan fingerprint density at radius 2 is 2.19 bits per heavy atom. The molecule has 0 aliphatic rings. The average molecular weight is 303 g/mol. The molecule has 3 nitrogen and oxygen atoms in total. The maximum Gasteiger partial charge on any atom is 0.0544 e. The van der Waals surface area contributed by atoms with Crippen LogP contribution in [0.25, 0.3) is 0 Å². The molecule has 0 aliphatic carbocycles. The topological polar surface area (TPSA) is 28.2 Å². The molecule has 2 heterocycles. The van der Waals surface area contributed by atoms with Crippen LogP contribution in [0.15, 0.2) is 35.8 Å². The van der Waals surface area contributed by atoms with Crippen LogP contribution < -0.4 is 5.32 Å². The fourth-order valence-electron chi connectivity index (χ4n) is 2.20. The van der Waals surface area contributed by atoms with Gasteiger partial charge in [0.2, 0.25) is 0 Å². The molecule has 0 saturated carbocycles. The van der Waals surface area contributed by atoms with E-state index in [4.69, 9.17) is 0 Å². The van der Waals surface area contributed by atoms with Crippen LogP contribution in [0.5, 0.6) is 0 Å². The fourth-order valence-corrected chi connectivity index (χ4v) is 3.05. The van der Waals surface area contributed by atoms with Crippen molar-refractivity contribution in [1.29, 1.82) is 0 Å². The van der Waals surface area contributed by atoms with Crippen LogP contribution in [0.2, 0.25) is 0 Å². The number of thiophene rings is 1. The predicted molar refractivity (Wildman–Crippen MR) is 90.4 cm³/mol. The second-order valence-corrected chi connectivity index (χ2v) is 6.42. The summed E-state index contributed by atoms with van der Waals surface area (Å²) in [5.74, 6) is 0. The predicted octanol–water partition coefficient (Wildman–Crippen LogP) is 3.84. The van der Waals surface area contributed by atoms with Crippen LogP contribution in [0.3, 0.4) is 0 Å². The van der Waals surface area contributed by atoms with E-state index in [1.54, 1.807) is 0 Å². The zero-order valence-corrected chi connectivity index (χ0v) is 14.0. The summed E-state index contributed by atoms with van der Waals surface area (Å²) in [7, 11) is 2.16. The Morgan fingerprint density at radius 3 is 2.81 bits per heavy atom. The highest BCUT2D eigenvalue weighted by Gasteiger charge is 2.13. The summed E-state index contributed by atoms with van der Waals surface area (Å²) >= 11 is 1.81. The van der Waals surface area contributed by atoms with E-state index in [1.165, 1.54) is 10.4 Å². The van der Waals surface area contributed by atoms with E-state index < -0.39 is 0 Å². The van der Waals surface area contributed by atoms with Crippen LogP contribution in [0, 0.1) is 0 Å². The van der Waals surface area contributed by atoms with Crippen LogP contribution in [0.4, 0.5) is 0 Å². The van der Waals surface area contributed by atoms with Gasteiger partial charge in [-0.25, -0.2) is 0 Å². The molecule has 0 saturated heterocycles. The highest BCUT2D eigenvalue weighted by molar-refractivity contribution is 7.10. The van der Waals surface area contributed by atoms with Gasteiger partial charge < -0.3 is 5.32 Å². The number of pyridine rings is 1. The van der Waals surface area contributed by atoms with Gasteiger partial charge in [0.1, 0.15) is 0 Å². The molecule has 2 rings (SSSR count). The normalized spacial score (nSPS) is 12.8. The summed E-state index contributed by atoms with van der Waals surface area (Å²) in [6.45, 7) is 7.26. The average Bonchev–Trinajstić information content (AvgIpc) is 3.02. The van der Waals surface area contributed by atoms with Crippen LogP contribution in [-0.4, -0.2) is 23.5 Å². The molecule has 0 fully saturated rings. The smallest absolute Gasteiger partial charge is 0.0544 e. The van der Waals surface area contributed by atoms with Crippen molar-refractivity contribution in [2.24, 2.45) is 0 Å². The second-order valence-electron chi connectivity index (χ2n) is 5.44. The van der Waals surface area contributed by atoms with E-state index in [-0.39, 0.29) is 0 Å². The fraction of sp³-hybridized carbons (Fsp3) is 0.471. The number of nitrogens with one attached hydrogen (secondary N) is 1. The lowest BCUT2D eigenvalue weighted by Gasteiger charge is -2.23. The Kier molecular flexibility index (Phi) is 6.36. The molecule has 0 bridgehead atoms. The van der Waals surface area contributed by atoms with Gasteiger partial charge in [0.05, 0.1) is 5.69 Å². The van der Waals surface area contributed by atoms with Gasteiger partial charge in [-0.05, 0) is 50.0 Å². The van der Waals surface area contributed by atoms with Gasteiger partial charge in [-0.3, -0.25) is 9.88 Å². The second kappa shape index (κ2) is 8.27. The first-order chi connectivity index (χ1) is 10.2. The third kappa shape index (κ3) is 4.92. The zero-order chi connectivity index (χ0) is 15.1. The molecule has 0 amide bonds. The number of nitrogens with zero attached hydrogens (tertiary/aromatic N) is 2. The quantitative estimate of drug-likeness (QED) is 0.751. The maximum atomic E-state index is 4.58. The molecule has 2 aromatic rings. The summed E-state index contributed by atoms with van der Waals surface area (Å²) in [6, 6.07) is 9.05. The van der Waals surface area contributed by atoms with Crippen molar-refractivity contribution in [3.8, 4) is 0 Å². The van der Waals surface area contributed by atoms with E-state index in [0.717, 1.165) is 31.7 Å². The first kappa shape index (κ1) is 16.1. The minimum Gasteiger partial charge on any atom is -0.313 e. The third-order valence-corrected chi connectivity index (χ3v) is 4.71. The standard InChI is InChI=1S/C17H25N3S/c1-4-9-18-11-15-7-8-16(19-12-15)13-20(3)14(2)17-6-5-10-21-17/h5-8,10,12,14,18H,4,9,11,13H2,1-3H3. The highest BCUT2D eigenvalue weighted by atomic mass is 32.1. The number of hydrogen-bond donors (Lipinski definition) is 1. The molecule has 2 aromatic heterocycles. The molecule has 1 N–H and O–H groups in total. The molecular weight excluding hydrogens is 278 g/mol. The van der Waals surface area contributed by atoms with Crippen molar-refractivity contribution in [3.63, 3.8) is 0 Å². The Morgan fingerprint density at radius 1 is 1.33 bits per heavy atom. The Labute approximate surface area is 132 Å². The summed E-state index contributed by atoms with van der Waals surface area (Å²) in [5, 5.41) is 5.53. The minimum absolute atomic E-state index is 0.428. The Hall–Kier alpha value is -1.23. The van der Waals surface area contributed by atoms with Crippen LogP contribution in [-0.2, 0) is 13.1 Å². The van der Waals surface area contributed by atoms with Crippen molar-refractivity contribution in [2.45, 2.75) is 39.4 Å². The van der Waals surface area contributed by atoms with Crippen LogP contribution in [0.1, 0.15) is 42.4 Å². The lowest BCUT2D eigenvalue weighted by Crippen LogP contribution is -2.22. The van der Waals surface area contributed by atoms with E-state index in [1.807, 2.05) is 17.5 Å². The summed E-state index contributed by atoms with van der Waals surface area (Å²) in [6.07, 6.45) is 3.15. The van der Waals surface area contributed by atoms with Crippen molar-refractivity contribution in [1.82, 2.24) is 15.2 Å². The molecule has 0 aromatic carbocycles. The van der Waals surface area contributed by atoms with Gasteiger partial charge in [-0.1, -0.05) is 19.1 Å². The number of aromatic nitrogens is 1. The van der Waals surface area contributed by atoms with Crippen molar-refractivity contribution >= 4 is 11.3 Å². The molecular formula is C17H25N3S. The van der Waals surface area contributed by atoms with Crippen molar-refractivity contribution in [3.05, 3.63) is 52.0 Å². The molecule has 1 atom stereocenters. The van der Waals surface area contributed by atoms with Gasteiger partial charge in [0, 0.05) is 30.2 Å². The monoisotopic (exact) mass is 303 g/mol. The largest absolute Gasteiger partial charge is 0.313 e.